The van der Waals surface area contributed by atoms with Gasteiger partial charge in [-0.3, -0.25) is 4.79 Å². The molecule has 0 fully saturated rings. The van der Waals surface area contributed by atoms with Gasteiger partial charge in [0.2, 0.25) is 0 Å². The Bertz CT molecular complexity index is 1590. The summed E-state index contributed by atoms with van der Waals surface area (Å²) in [7, 11) is 0. The lowest BCUT2D eigenvalue weighted by Gasteiger charge is -2.15. The van der Waals surface area contributed by atoms with Crippen LogP contribution in [0, 0.1) is 14.9 Å². The number of nitrogens with zero attached hydrogens (tertiary/aromatic N) is 3. The van der Waals surface area contributed by atoms with E-state index in [1.54, 1.807) is 0 Å². The van der Waals surface area contributed by atoms with Crippen LogP contribution in [0.2, 0.25) is 0 Å². The molecule has 200 valence electrons. The summed E-state index contributed by atoms with van der Waals surface area (Å²) in [6, 6.07) is 17.0. The highest BCUT2D eigenvalue weighted by Gasteiger charge is 2.40. The lowest BCUT2D eigenvalue weighted by Crippen LogP contribution is -2.18. The zero-order valence-corrected chi connectivity index (χ0v) is 21.5. The van der Waals surface area contributed by atoms with Crippen LogP contribution in [0.3, 0.4) is 0 Å². The van der Waals surface area contributed by atoms with Gasteiger partial charge in [-0.2, -0.15) is 36.7 Å². The van der Waals surface area contributed by atoms with Crippen molar-refractivity contribution in [3.05, 3.63) is 110 Å². The predicted molar refractivity (Wildman–Crippen MR) is 136 cm³/mol. The third kappa shape index (κ3) is 6.07. The molecule has 1 heterocycles. The molecule has 2 N–H and O–H groups in total. The van der Waals surface area contributed by atoms with Crippen LogP contribution in [-0.4, -0.2) is 20.8 Å². The number of anilines is 1. The average Bonchev–Trinajstić information content (AvgIpc) is 3.26. The lowest BCUT2D eigenvalue weighted by molar-refractivity contribution is -0.142. The van der Waals surface area contributed by atoms with E-state index in [1.807, 2.05) is 6.07 Å². The SMILES string of the molecule is N#Cc1cccc(-n2nc(C(F)(F)F)c(I)c2C(=O)Nc2cccc(C(O)c3cccc(C(F)(F)F)c3)c2)c1. The average molecular weight is 656 g/mol. The Balaban J connectivity index is 1.69. The number of nitrogens with one attached hydrogen (secondary N) is 1. The van der Waals surface area contributed by atoms with Crippen LogP contribution in [-0.2, 0) is 12.4 Å². The summed E-state index contributed by atoms with van der Waals surface area (Å²) in [5, 5.41) is 25.9. The summed E-state index contributed by atoms with van der Waals surface area (Å²) in [4.78, 5) is 13.2. The number of aromatic nitrogens is 2. The molecule has 39 heavy (non-hydrogen) atoms. The normalized spacial score (nSPS) is 12.6. The molecule has 0 aliphatic rings. The number of hydrogen-bond acceptors (Lipinski definition) is 4. The first-order valence-electron chi connectivity index (χ1n) is 10.9. The highest BCUT2D eigenvalue weighted by molar-refractivity contribution is 14.1. The molecule has 0 bridgehead atoms. The number of carbonyl (C=O) groups excluding carboxylic acids is 1. The van der Waals surface area contributed by atoms with Gasteiger partial charge >= 0.3 is 12.4 Å². The second-order valence-electron chi connectivity index (χ2n) is 8.19. The van der Waals surface area contributed by atoms with Crippen LogP contribution in [0.1, 0.15) is 44.5 Å². The summed E-state index contributed by atoms with van der Waals surface area (Å²) in [6.45, 7) is 0. The minimum absolute atomic E-state index is 0.0429. The number of alkyl halides is 6. The molecule has 1 amide bonds. The van der Waals surface area contributed by atoms with Gasteiger partial charge in [-0.25, -0.2) is 4.68 Å². The lowest BCUT2D eigenvalue weighted by atomic mass is 9.99. The van der Waals surface area contributed by atoms with Gasteiger partial charge in [0, 0.05) is 5.69 Å². The molecule has 4 rings (SSSR count). The topological polar surface area (TPSA) is 90.9 Å². The van der Waals surface area contributed by atoms with Gasteiger partial charge in [-0.05, 0) is 76.2 Å². The zero-order chi connectivity index (χ0) is 28.5. The standard InChI is InChI=1S/C26H15F6IN4O2/c27-25(28,29)17-7-2-5-15(11-17)22(38)16-6-3-8-18(12-16)35-24(39)21-20(33)23(26(30,31)32)36-37(21)19-9-1-4-14(10-19)13-34/h1-12,22,38H,(H,35,39). The van der Waals surface area contributed by atoms with Crippen LogP contribution >= 0.6 is 22.6 Å². The molecule has 4 aromatic rings. The Morgan fingerprint density at radius 2 is 1.59 bits per heavy atom. The maximum atomic E-state index is 13.6. The maximum Gasteiger partial charge on any atom is 0.436 e. The Labute approximate surface area is 230 Å². The highest BCUT2D eigenvalue weighted by Crippen LogP contribution is 2.35. The van der Waals surface area contributed by atoms with Crippen LogP contribution in [0.5, 0.6) is 0 Å². The van der Waals surface area contributed by atoms with E-state index in [-0.39, 0.29) is 28.1 Å². The fraction of sp³-hybridized carbons (Fsp3) is 0.115. The van der Waals surface area contributed by atoms with E-state index in [1.165, 1.54) is 77.2 Å². The minimum Gasteiger partial charge on any atom is -0.384 e. The first kappa shape index (κ1) is 28.1. The number of hydrogen-bond donors (Lipinski definition) is 2. The Morgan fingerprint density at radius 1 is 0.949 bits per heavy atom. The Morgan fingerprint density at radius 3 is 2.23 bits per heavy atom. The molecule has 1 atom stereocenters. The van der Waals surface area contributed by atoms with Gasteiger partial charge in [-0.1, -0.05) is 30.3 Å². The van der Waals surface area contributed by atoms with E-state index in [9.17, 15) is 36.2 Å². The molecular formula is C26H15F6IN4O2. The molecule has 0 radical (unpaired) electrons. The fourth-order valence-corrected chi connectivity index (χ4v) is 4.61. The largest absolute Gasteiger partial charge is 0.436 e. The maximum absolute atomic E-state index is 13.6. The van der Waals surface area contributed by atoms with Crippen LogP contribution in [0.4, 0.5) is 32.0 Å². The van der Waals surface area contributed by atoms with Gasteiger partial charge in [0.25, 0.3) is 5.91 Å². The molecule has 0 aliphatic carbocycles. The molecule has 0 spiro atoms. The summed E-state index contributed by atoms with van der Waals surface area (Å²) in [6.07, 6.45) is -11.0. The summed E-state index contributed by atoms with van der Waals surface area (Å²) in [5.74, 6) is -0.976. The van der Waals surface area contributed by atoms with Gasteiger partial charge in [0.05, 0.1) is 26.5 Å². The summed E-state index contributed by atoms with van der Waals surface area (Å²) >= 11 is 1.36. The van der Waals surface area contributed by atoms with Crippen molar-refractivity contribution >= 4 is 34.2 Å². The number of aliphatic hydroxyl groups is 1. The minimum atomic E-state index is -4.88. The van der Waals surface area contributed by atoms with Crippen molar-refractivity contribution in [3.8, 4) is 11.8 Å². The van der Waals surface area contributed by atoms with Crippen molar-refractivity contribution in [3.63, 3.8) is 0 Å². The van der Waals surface area contributed by atoms with Crippen molar-refractivity contribution in [2.24, 2.45) is 0 Å². The second kappa shape index (κ2) is 10.7. The fourth-order valence-electron chi connectivity index (χ4n) is 3.72. The summed E-state index contributed by atoms with van der Waals surface area (Å²) < 4.78 is 80.5. The van der Waals surface area contributed by atoms with Crippen molar-refractivity contribution in [1.82, 2.24) is 9.78 Å². The summed E-state index contributed by atoms with van der Waals surface area (Å²) in [5.41, 5.74) is -2.39. The van der Waals surface area contributed by atoms with E-state index in [4.69, 9.17) is 5.26 Å². The molecule has 1 unspecified atom stereocenters. The number of aliphatic hydroxyl groups excluding tert-OH is 1. The first-order chi connectivity index (χ1) is 18.3. The Kier molecular flexibility index (Phi) is 7.71. The number of amides is 1. The molecule has 6 nitrogen and oxygen atoms in total. The van der Waals surface area contributed by atoms with Crippen molar-refractivity contribution in [1.29, 1.82) is 5.26 Å². The van der Waals surface area contributed by atoms with Crippen molar-refractivity contribution in [2.75, 3.05) is 5.32 Å². The van der Waals surface area contributed by atoms with E-state index in [0.717, 1.165) is 22.9 Å². The molecule has 13 heteroatoms. The van der Waals surface area contributed by atoms with Crippen LogP contribution < -0.4 is 5.32 Å². The van der Waals surface area contributed by atoms with Gasteiger partial charge < -0.3 is 10.4 Å². The number of nitriles is 1. The third-order valence-electron chi connectivity index (χ3n) is 5.52. The third-order valence-corrected chi connectivity index (χ3v) is 6.54. The van der Waals surface area contributed by atoms with Crippen LogP contribution in [0.25, 0.3) is 5.69 Å². The van der Waals surface area contributed by atoms with Crippen molar-refractivity contribution in [2.45, 2.75) is 18.5 Å². The predicted octanol–water partition coefficient (Wildman–Crippen LogP) is 6.72. The number of rotatable bonds is 5. The first-order valence-corrected chi connectivity index (χ1v) is 12.0. The van der Waals surface area contributed by atoms with E-state index < -0.39 is 44.9 Å². The van der Waals surface area contributed by atoms with E-state index in [0.29, 0.717) is 0 Å². The number of benzene rings is 3. The monoisotopic (exact) mass is 656 g/mol. The zero-order valence-electron chi connectivity index (χ0n) is 19.3. The molecular weight excluding hydrogens is 641 g/mol. The smallest absolute Gasteiger partial charge is 0.384 e. The Hall–Kier alpha value is -3.90. The number of carbonyl (C=O) groups is 1. The van der Waals surface area contributed by atoms with Gasteiger partial charge in [0.15, 0.2) is 5.69 Å². The molecule has 0 saturated heterocycles. The molecule has 0 saturated carbocycles. The molecule has 3 aromatic carbocycles. The van der Waals surface area contributed by atoms with Gasteiger partial charge in [-0.15, -0.1) is 0 Å². The van der Waals surface area contributed by atoms with Crippen LogP contribution in [0.15, 0.2) is 72.8 Å². The van der Waals surface area contributed by atoms with Crippen molar-refractivity contribution < 1.29 is 36.2 Å². The van der Waals surface area contributed by atoms with Gasteiger partial charge in [0.1, 0.15) is 11.8 Å². The quantitative estimate of drug-likeness (QED) is 0.185. The molecule has 1 aromatic heterocycles. The highest BCUT2D eigenvalue weighted by atomic mass is 127. The number of halogens is 7. The van der Waals surface area contributed by atoms with E-state index >= 15 is 0 Å². The molecule has 0 aliphatic heterocycles. The second-order valence-corrected chi connectivity index (χ2v) is 9.27. The van der Waals surface area contributed by atoms with E-state index in [2.05, 4.69) is 10.4 Å².